The number of carbonyl (C=O) groups is 1. The minimum Gasteiger partial charge on any atom is -0.387 e. The molecule has 1 saturated heterocycles. The third-order valence-corrected chi connectivity index (χ3v) is 5.11. The Hall–Kier alpha value is -1.39. The van der Waals surface area contributed by atoms with Gasteiger partial charge in [-0.05, 0) is 37.7 Å². The second-order valence-electron chi connectivity index (χ2n) is 6.78. The van der Waals surface area contributed by atoms with Crippen molar-refractivity contribution < 1.29 is 9.90 Å². The summed E-state index contributed by atoms with van der Waals surface area (Å²) < 4.78 is 0. The highest BCUT2D eigenvalue weighted by molar-refractivity contribution is 5.82. The Morgan fingerprint density at radius 2 is 2.05 bits per heavy atom. The molecule has 3 rings (SSSR count). The van der Waals surface area contributed by atoms with Gasteiger partial charge in [-0.2, -0.15) is 0 Å². The van der Waals surface area contributed by atoms with Gasteiger partial charge in [-0.15, -0.1) is 0 Å². The summed E-state index contributed by atoms with van der Waals surface area (Å²) in [5.74, 6) is 0.687. The number of fused-ring (bicyclic) bond motifs is 1. The van der Waals surface area contributed by atoms with Crippen LogP contribution in [0.3, 0.4) is 0 Å². The van der Waals surface area contributed by atoms with Crippen LogP contribution in [-0.4, -0.2) is 29.6 Å². The van der Waals surface area contributed by atoms with Crippen LogP contribution in [0.5, 0.6) is 0 Å². The first-order chi connectivity index (χ1) is 10.6. The molecule has 120 valence electrons. The number of amides is 1. The van der Waals surface area contributed by atoms with Crippen LogP contribution >= 0.6 is 0 Å². The Morgan fingerprint density at radius 1 is 1.32 bits per heavy atom. The Bertz CT molecular complexity index is 500. The van der Waals surface area contributed by atoms with Gasteiger partial charge in [0, 0.05) is 12.6 Å². The number of hydrogen-bond acceptors (Lipinski definition) is 3. The lowest BCUT2D eigenvalue weighted by atomic mass is 9.85. The van der Waals surface area contributed by atoms with E-state index in [9.17, 15) is 9.90 Å². The summed E-state index contributed by atoms with van der Waals surface area (Å²) in [7, 11) is 0. The molecule has 2 aliphatic rings. The van der Waals surface area contributed by atoms with E-state index >= 15 is 0 Å². The second-order valence-corrected chi connectivity index (χ2v) is 6.78. The summed E-state index contributed by atoms with van der Waals surface area (Å²) in [6.45, 7) is 2.29. The number of benzene rings is 1. The summed E-state index contributed by atoms with van der Waals surface area (Å²) in [6.07, 6.45) is 5.30. The molecule has 1 aliphatic carbocycles. The van der Waals surface area contributed by atoms with E-state index < -0.39 is 6.10 Å². The van der Waals surface area contributed by atoms with E-state index in [4.69, 9.17) is 0 Å². The zero-order chi connectivity index (χ0) is 15.5. The zero-order valence-corrected chi connectivity index (χ0v) is 13.2. The van der Waals surface area contributed by atoms with Crippen molar-refractivity contribution in [1.82, 2.24) is 10.6 Å². The van der Waals surface area contributed by atoms with Crippen LogP contribution in [-0.2, 0) is 4.79 Å². The van der Waals surface area contributed by atoms with Crippen LogP contribution in [0, 0.1) is 12.8 Å². The minimum atomic E-state index is -0.645. The summed E-state index contributed by atoms with van der Waals surface area (Å²) >= 11 is 0. The summed E-state index contributed by atoms with van der Waals surface area (Å²) in [5, 5.41) is 16.5. The maximum absolute atomic E-state index is 12.3. The van der Waals surface area contributed by atoms with Gasteiger partial charge in [-0.1, -0.05) is 42.7 Å². The average Bonchev–Trinajstić information content (AvgIpc) is 2.97. The van der Waals surface area contributed by atoms with Crippen molar-refractivity contribution in [2.75, 3.05) is 6.54 Å². The van der Waals surface area contributed by atoms with Crippen LogP contribution in [0.25, 0.3) is 0 Å². The highest BCUT2D eigenvalue weighted by Crippen LogP contribution is 2.33. The molecule has 4 heteroatoms. The van der Waals surface area contributed by atoms with Gasteiger partial charge in [0.1, 0.15) is 0 Å². The number of hydrogen-bond donors (Lipinski definition) is 3. The van der Waals surface area contributed by atoms with Crippen LogP contribution in [0.2, 0.25) is 0 Å². The minimum absolute atomic E-state index is 0.0283. The quantitative estimate of drug-likeness (QED) is 0.798. The smallest absolute Gasteiger partial charge is 0.237 e. The monoisotopic (exact) mass is 302 g/mol. The van der Waals surface area contributed by atoms with E-state index in [1.165, 1.54) is 25.7 Å². The lowest BCUT2D eigenvalue weighted by Crippen LogP contribution is -2.44. The molecule has 4 nitrogen and oxygen atoms in total. The number of rotatable bonds is 4. The maximum atomic E-state index is 12.3. The predicted molar refractivity (Wildman–Crippen MR) is 86.4 cm³/mol. The molecule has 1 aliphatic heterocycles. The molecular formula is C18H26N2O2. The summed E-state index contributed by atoms with van der Waals surface area (Å²) in [6, 6.07) is 8.21. The lowest BCUT2D eigenvalue weighted by molar-refractivity contribution is -0.123. The van der Waals surface area contributed by atoms with E-state index in [1.54, 1.807) is 0 Å². The van der Waals surface area contributed by atoms with Gasteiger partial charge in [0.2, 0.25) is 5.91 Å². The van der Waals surface area contributed by atoms with E-state index in [0.29, 0.717) is 12.0 Å². The Kier molecular flexibility index (Phi) is 4.79. The second kappa shape index (κ2) is 6.80. The predicted octanol–water partition coefficient (Wildman–Crippen LogP) is 2.07. The number of nitrogens with one attached hydrogen (secondary N) is 2. The molecule has 0 bridgehead atoms. The summed E-state index contributed by atoms with van der Waals surface area (Å²) in [4.78, 5) is 12.3. The molecule has 0 spiro atoms. The van der Waals surface area contributed by atoms with Crippen molar-refractivity contribution >= 4 is 5.91 Å². The van der Waals surface area contributed by atoms with Crippen molar-refractivity contribution in [2.24, 2.45) is 5.92 Å². The van der Waals surface area contributed by atoms with Crippen LogP contribution < -0.4 is 10.6 Å². The average molecular weight is 302 g/mol. The third kappa shape index (κ3) is 3.50. The first kappa shape index (κ1) is 15.5. The Balaban J connectivity index is 1.49. The fraction of sp³-hybridized carbons (Fsp3) is 0.611. The molecule has 0 radical (unpaired) electrons. The van der Waals surface area contributed by atoms with Crippen molar-refractivity contribution in [3.8, 4) is 0 Å². The van der Waals surface area contributed by atoms with Crippen molar-refractivity contribution in [2.45, 2.75) is 57.2 Å². The third-order valence-electron chi connectivity index (χ3n) is 5.11. The maximum Gasteiger partial charge on any atom is 0.237 e. The number of aliphatic hydroxyl groups excluding tert-OH is 1. The Labute approximate surface area is 132 Å². The number of carbonyl (C=O) groups excluding carboxylic acids is 1. The number of aryl methyl sites for hydroxylation is 1. The van der Waals surface area contributed by atoms with Crippen LogP contribution in [0.1, 0.15) is 49.3 Å². The molecule has 22 heavy (non-hydrogen) atoms. The van der Waals surface area contributed by atoms with Gasteiger partial charge < -0.3 is 15.7 Å². The van der Waals surface area contributed by atoms with Crippen LogP contribution in [0.15, 0.2) is 24.3 Å². The molecule has 4 unspecified atom stereocenters. The topological polar surface area (TPSA) is 61.4 Å². The van der Waals surface area contributed by atoms with E-state index in [1.807, 2.05) is 31.2 Å². The van der Waals surface area contributed by atoms with Crippen molar-refractivity contribution in [3.05, 3.63) is 35.4 Å². The SMILES string of the molecule is Cc1ccc(C(O)CNC(=O)C2CC3CCCCC3N2)cc1. The van der Waals surface area contributed by atoms with Crippen LogP contribution in [0.4, 0.5) is 0 Å². The highest BCUT2D eigenvalue weighted by Gasteiger charge is 2.38. The van der Waals surface area contributed by atoms with E-state index in [2.05, 4.69) is 10.6 Å². The molecule has 2 fully saturated rings. The first-order valence-corrected chi connectivity index (χ1v) is 8.42. The zero-order valence-electron chi connectivity index (χ0n) is 13.2. The van der Waals surface area contributed by atoms with Gasteiger partial charge >= 0.3 is 0 Å². The molecule has 1 amide bonds. The van der Waals surface area contributed by atoms with Gasteiger partial charge in [0.05, 0.1) is 12.1 Å². The van der Waals surface area contributed by atoms with E-state index in [-0.39, 0.29) is 18.5 Å². The van der Waals surface area contributed by atoms with Crippen molar-refractivity contribution in [3.63, 3.8) is 0 Å². The summed E-state index contributed by atoms with van der Waals surface area (Å²) in [5.41, 5.74) is 2.01. The van der Waals surface area contributed by atoms with Gasteiger partial charge in [-0.25, -0.2) is 0 Å². The first-order valence-electron chi connectivity index (χ1n) is 8.42. The van der Waals surface area contributed by atoms with Crippen molar-refractivity contribution in [1.29, 1.82) is 0 Å². The fourth-order valence-corrected chi connectivity index (χ4v) is 3.75. The molecule has 1 heterocycles. The van der Waals surface area contributed by atoms with Gasteiger partial charge in [0.15, 0.2) is 0 Å². The lowest BCUT2D eigenvalue weighted by Gasteiger charge is -2.24. The fourth-order valence-electron chi connectivity index (χ4n) is 3.75. The molecule has 3 N–H and O–H groups in total. The molecule has 1 aromatic rings. The van der Waals surface area contributed by atoms with Gasteiger partial charge in [-0.3, -0.25) is 4.79 Å². The molecule has 0 aromatic heterocycles. The standard InChI is InChI=1S/C18H26N2O2/c1-12-6-8-13(9-7-12)17(21)11-19-18(22)16-10-14-4-2-3-5-15(14)20-16/h6-9,14-17,20-21H,2-5,10-11H2,1H3,(H,19,22). The normalized spacial score (nSPS) is 28.9. The molecular weight excluding hydrogens is 276 g/mol. The van der Waals surface area contributed by atoms with Gasteiger partial charge in [0.25, 0.3) is 0 Å². The molecule has 1 saturated carbocycles. The Morgan fingerprint density at radius 3 is 2.77 bits per heavy atom. The largest absolute Gasteiger partial charge is 0.387 e. The molecule has 4 atom stereocenters. The molecule has 1 aromatic carbocycles. The highest BCUT2D eigenvalue weighted by atomic mass is 16.3. The number of aliphatic hydroxyl groups is 1. The van der Waals surface area contributed by atoms with E-state index in [0.717, 1.165) is 17.5 Å².